The van der Waals surface area contributed by atoms with E-state index in [1.54, 1.807) is 6.92 Å². The Morgan fingerprint density at radius 1 is 1.43 bits per heavy atom. The predicted molar refractivity (Wildman–Crippen MR) is 100 cm³/mol. The highest BCUT2D eigenvalue weighted by molar-refractivity contribution is 6.30. The SMILES string of the molecule is CCC(=O)OC(C)[C@H]1O[C@@H](n2cc(F)c(N)nc2=O)[C@@](F)(C#CCl)[C@@H]1OC(=O)CC. The van der Waals surface area contributed by atoms with Gasteiger partial charge in [-0.1, -0.05) is 13.8 Å². The number of ether oxygens (including phenoxy) is 3. The van der Waals surface area contributed by atoms with Gasteiger partial charge in [-0.2, -0.15) is 4.98 Å². The number of alkyl halides is 1. The van der Waals surface area contributed by atoms with Gasteiger partial charge in [-0.25, -0.2) is 13.6 Å². The molecule has 1 aromatic heterocycles. The molecule has 0 bridgehead atoms. The minimum Gasteiger partial charge on any atom is -0.460 e. The summed E-state index contributed by atoms with van der Waals surface area (Å²) in [6.45, 7) is 4.40. The van der Waals surface area contributed by atoms with Gasteiger partial charge in [0.15, 0.2) is 24.0 Å². The second-order valence-electron chi connectivity index (χ2n) is 6.42. The number of hydrogen-bond acceptors (Lipinski definition) is 8. The first-order chi connectivity index (χ1) is 14.1. The van der Waals surface area contributed by atoms with Crippen LogP contribution in [0.15, 0.2) is 11.0 Å². The number of carbonyl (C=O) groups excluding carboxylic acids is 2. The summed E-state index contributed by atoms with van der Waals surface area (Å²) in [4.78, 5) is 39.1. The zero-order valence-electron chi connectivity index (χ0n) is 16.4. The van der Waals surface area contributed by atoms with Gasteiger partial charge >= 0.3 is 17.6 Å². The second kappa shape index (κ2) is 9.40. The van der Waals surface area contributed by atoms with E-state index in [-0.39, 0.29) is 12.8 Å². The molecule has 0 aromatic carbocycles. The maximum atomic E-state index is 16.1. The Kier molecular flexibility index (Phi) is 7.39. The minimum absolute atomic E-state index is 0.0225. The highest BCUT2D eigenvalue weighted by Gasteiger charge is 2.62. The molecule has 0 radical (unpaired) electrons. The summed E-state index contributed by atoms with van der Waals surface area (Å²) in [6.07, 6.45) is -5.70. The van der Waals surface area contributed by atoms with Crippen LogP contribution in [0, 0.1) is 17.1 Å². The largest absolute Gasteiger partial charge is 0.460 e. The van der Waals surface area contributed by atoms with Crippen LogP contribution in [0.5, 0.6) is 0 Å². The molecular weight excluding hydrogens is 428 g/mol. The Hall–Kier alpha value is -2.71. The molecule has 2 heterocycles. The van der Waals surface area contributed by atoms with Gasteiger partial charge in [0, 0.05) is 18.2 Å². The Morgan fingerprint density at radius 3 is 2.63 bits per heavy atom. The molecule has 12 heteroatoms. The van der Waals surface area contributed by atoms with Gasteiger partial charge in [0.2, 0.25) is 0 Å². The number of esters is 2. The number of nitrogen functional groups attached to an aromatic ring is 1. The van der Waals surface area contributed by atoms with Crippen LogP contribution in [0.4, 0.5) is 14.6 Å². The van der Waals surface area contributed by atoms with Crippen LogP contribution in [-0.2, 0) is 23.8 Å². The number of carbonyl (C=O) groups is 2. The van der Waals surface area contributed by atoms with Gasteiger partial charge in [0.05, 0.1) is 6.20 Å². The topological polar surface area (TPSA) is 123 Å². The van der Waals surface area contributed by atoms with E-state index in [9.17, 15) is 18.8 Å². The average Bonchev–Trinajstić information content (AvgIpc) is 2.97. The van der Waals surface area contributed by atoms with Gasteiger partial charge in [-0.15, -0.1) is 0 Å². The first-order valence-corrected chi connectivity index (χ1v) is 9.37. The number of aromatic nitrogens is 2. The molecular formula is C18H20ClF2N3O6. The summed E-state index contributed by atoms with van der Waals surface area (Å²) in [6, 6.07) is 0. The molecule has 1 fully saturated rings. The lowest BCUT2D eigenvalue weighted by Gasteiger charge is -2.28. The average molecular weight is 448 g/mol. The summed E-state index contributed by atoms with van der Waals surface area (Å²) in [5.74, 6) is -1.22. The van der Waals surface area contributed by atoms with Gasteiger partial charge < -0.3 is 19.9 Å². The molecule has 0 amide bonds. The van der Waals surface area contributed by atoms with Crippen LogP contribution >= 0.6 is 11.6 Å². The highest BCUT2D eigenvalue weighted by Crippen LogP contribution is 2.44. The van der Waals surface area contributed by atoms with Crippen molar-refractivity contribution in [2.24, 2.45) is 0 Å². The summed E-state index contributed by atoms with van der Waals surface area (Å²) in [7, 11) is 0. The van der Waals surface area contributed by atoms with Crippen LogP contribution in [0.1, 0.15) is 39.8 Å². The van der Waals surface area contributed by atoms with Crippen molar-refractivity contribution in [3.63, 3.8) is 0 Å². The third-order valence-electron chi connectivity index (χ3n) is 4.40. The third kappa shape index (κ3) is 4.55. The van der Waals surface area contributed by atoms with Gasteiger partial charge in [-0.05, 0) is 24.4 Å². The standard InChI is InChI=1S/C18H20ClF2N3O6/c1-4-11(25)28-9(3)13-14(29-12(26)5-2)18(21,6-7-19)16(30-13)24-8-10(20)15(22)23-17(24)27/h8-9,13-14,16H,4-5H2,1-3H3,(H2,22,23,27)/t9?,13-,14-,16-,18-/m1/s1. The lowest BCUT2D eigenvalue weighted by atomic mass is 9.94. The summed E-state index contributed by atoms with van der Waals surface area (Å²) in [5, 5.41) is 1.84. The molecule has 30 heavy (non-hydrogen) atoms. The van der Waals surface area contributed by atoms with E-state index in [4.69, 9.17) is 31.5 Å². The molecule has 0 aliphatic carbocycles. The Bertz CT molecular complexity index is 946. The Morgan fingerprint density at radius 2 is 2.07 bits per heavy atom. The monoisotopic (exact) mass is 447 g/mol. The van der Waals surface area contributed by atoms with E-state index in [1.165, 1.54) is 13.8 Å². The highest BCUT2D eigenvalue weighted by atomic mass is 35.5. The molecule has 1 aliphatic rings. The zero-order chi connectivity index (χ0) is 22.6. The summed E-state index contributed by atoms with van der Waals surface area (Å²) >= 11 is 5.41. The normalized spacial score (nSPS) is 26.4. The van der Waals surface area contributed by atoms with Crippen molar-refractivity contribution in [3.05, 3.63) is 22.5 Å². The fourth-order valence-corrected chi connectivity index (χ4v) is 3.03. The lowest BCUT2D eigenvalue weighted by Crippen LogP contribution is -2.48. The van der Waals surface area contributed by atoms with E-state index >= 15 is 4.39 Å². The fourth-order valence-electron chi connectivity index (χ4n) is 2.89. The van der Waals surface area contributed by atoms with Crippen molar-refractivity contribution < 1.29 is 32.6 Å². The molecule has 5 atom stereocenters. The molecule has 1 saturated heterocycles. The van der Waals surface area contributed by atoms with E-state index in [0.29, 0.717) is 10.8 Å². The molecule has 1 aromatic rings. The Labute approximate surface area is 175 Å². The minimum atomic E-state index is -2.90. The van der Waals surface area contributed by atoms with Crippen molar-refractivity contribution in [1.29, 1.82) is 0 Å². The van der Waals surface area contributed by atoms with Crippen molar-refractivity contribution in [2.45, 2.75) is 63.8 Å². The van der Waals surface area contributed by atoms with Gasteiger partial charge in [-0.3, -0.25) is 14.2 Å². The molecule has 1 aliphatic heterocycles. The van der Waals surface area contributed by atoms with Crippen molar-refractivity contribution >= 4 is 29.4 Å². The zero-order valence-corrected chi connectivity index (χ0v) is 17.1. The lowest BCUT2D eigenvalue weighted by molar-refractivity contribution is -0.167. The van der Waals surface area contributed by atoms with E-state index < -0.39 is 59.5 Å². The number of nitrogens with zero attached hydrogens (tertiary/aromatic N) is 2. The number of hydrogen-bond donors (Lipinski definition) is 1. The third-order valence-corrected chi connectivity index (χ3v) is 4.49. The maximum absolute atomic E-state index is 16.1. The molecule has 2 N–H and O–H groups in total. The first kappa shape index (κ1) is 23.6. The molecule has 2 rings (SSSR count). The molecule has 0 spiro atoms. The first-order valence-electron chi connectivity index (χ1n) is 8.99. The number of anilines is 1. The van der Waals surface area contributed by atoms with Crippen molar-refractivity contribution in [2.75, 3.05) is 5.73 Å². The van der Waals surface area contributed by atoms with E-state index in [2.05, 4.69) is 4.98 Å². The smallest absolute Gasteiger partial charge is 0.351 e. The molecule has 164 valence electrons. The van der Waals surface area contributed by atoms with Gasteiger partial charge in [0.25, 0.3) is 5.67 Å². The molecule has 9 nitrogen and oxygen atoms in total. The van der Waals surface area contributed by atoms with E-state index in [0.717, 1.165) is 0 Å². The predicted octanol–water partition coefficient (Wildman–Crippen LogP) is 1.43. The summed E-state index contributed by atoms with van der Waals surface area (Å²) < 4.78 is 46.5. The van der Waals surface area contributed by atoms with Crippen LogP contribution < -0.4 is 11.4 Å². The number of rotatable bonds is 6. The fraction of sp³-hybridized carbons (Fsp3) is 0.556. The number of nitrogens with two attached hydrogens (primary N) is 1. The quantitative estimate of drug-likeness (QED) is 0.513. The Balaban J connectivity index is 2.60. The van der Waals surface area contributed by atoms with Crippen LogP contribution in [0.3, 0.4) is 0 Å². The summed E-state index contributed by atoms with van der Waals surface area (Å²) in [5.41, 5.74) is 1.21. The van der Waals surface area contributed by atoms with Crippen LogP contribution in [-0.4, -0.2) is 45.5 Å². The molecule has 1 unspecified atom stereocenters. The van der Waals surface area contributed by atoms with Crippen LogP contribution in [0.2, 0.25) is 0 Å². The van der Waals surface area contributed by atoms with Gasteiger partial charge in [0.1, 0.15) is 12.2 Å². The van der Waals surface area contributed by atoms with E-state index in [1.807, 2.05) is 11.3 Å². The molecule has 0 saturated carbocycles. The van der Waals surface area contributed by atoms with Crippen molar-refractivity contribution in [1.82, 2.24) is 9.55 Å². The number of halogens is 3. The maximum Gasteiger partial charge on any atom is 0.351 e. The second-order valence-corrected chi connectivity index (χ2v) is 6.61. The van der Waals surface area contributed by atoms with Crippen molar-refractivity contribution in [3.8, 4) is 11.3 Å². The van der Waals surface area contributed by atoms with Crippen LogP contribution in [0.25, 0.3) is 0 Å².